The van der Waals surface area contributed by atoms with Gasteiger partial charge in [-0.3, -0.25) is 4.72 Å². The fourth-order valence-electron chi connectivity index (χ4n) is 3.37. The molecule has 0 radical (unpaired) electrons. The number of halogens is 2. The Bertz CT molecular complexity index is 1130. The van der Waals surface area contributed by atoms with Crippen molar-refractivity contribution in [3.8, 4) is 11.3 Å². The van der Waals surface area contributed by atoms with Gasteiger partial charge < -0.3 is 4.90 Å². The molecule has 0 aliphatic carbocycles. The van der Waals surface area contributed by atoms with Gasteiger partial charge in [0.1, 0.15) is 16.5 Å². The first-order valence-electron chi connectivity index (χ1n) is 9.59. The van der Waals surface area contributed by atoms with E-state index in [1.807, 2.05) is 12.1 Å². The van der Waals surface area contributed by atoms with Crippen molar-refractivity contribution in [2.24, 2.45) is 0 Å². The molecule has 1 saturated heterocycles. The zero-order valence-electron chi connectivity index (χ0n) is 16.1. The van der Waals surface area contributed by atoms with Crippen LogP contribution in [-0.2, 0) is 10.0 Å². The van der Waals surface area contributed by atoms with Crippen molar-refractivity contribution in [2.75, 3.05) is 22.7 Å². The Labute approximate surface area is 173 Å². The van der Waals surface area contributed by atoms with Crippen molar-refractivity contribution >= 4 is 21.5 Å². The van der Waals surface area contributed by atoms with E-state index >= 15 is 0 Å². The van der Waals surface area contributed by atoms with Crippen LogP contribution in [0.2, 0.25) is 0 Å². The van der Waals surface area contributed by atoms with Gasteiger partial charge in [0.15, 0.2) is 5.82 Å². The molecule has 2 heterocycles. The lowest BCUT2D eigenvalue weighted by molar-refractivity contribution is 0.555. The molecule has 0 saturated carbocycles. The number of piperidine rings is 1. The summed E-state index contributed by atoms with van der Waals surface area (Å²) >= 11 is 0. The molecule has 4 rings (SSSR count). The van der Waals surface area contributed by atoms with E-state index < -0.39 is 26.6 Å². The van der Waals surface area contributed by atoms with Crippen molar-refractivity contribution in [1.29, 1.82) is 0 Å². The van der Waals surface area contributed by atoms with E-state index in [2.05, 4.69) is 19.8 Å². The molecule has 1 aliphatic heterocycles. The third-order valence-electron chi connectivity index (χ3n) is 4.95. The van der Waals surface area contributed by atoms with E-state index in [-0.39, 0.29) is 5.69 Å². The predicted octanol–water partition coefficient (Wildman–Crippen LogP) is 4.21. The van der Waals surface area contributed by atoms with Gasteiger partial charge in [-0.15, -0.1) is 10.2 Å². The summed E-state index contributed by atoms with van der Waals surface area (Å²) < 4.78 is 54.1. The van der Waals surface area contributed by atoms with Gasteiger partial charge in [-0.2, -0.15) is 0 Å². The molecule has 0 amide bonds. The normalized spacial score (nSPS) is 14.5. The van der Waals surface area contributed by atoms with E-state index in [0.29, 0.717) is 11.8 Å². The SMILES string of the molecule is O=S(=O)(Nc1ccc(-c2ccc(N3CCCCC3)nn2)cc1)c1cc(F)ccc1F. The molecule has 0 atom stereocenters. The molecule has 0 bridgehead atoms. The average Bonchev–Trinajstić information content (AvgIpc) is 2.76. The van der Waals surface area contributed by atoms with Crippen LogP contribution in [0.5, 0.6) is 0 Å². The minimum absolute atomic E-state index is 0.223. The summed E-state index contributed by atoms with van der Waals surface area (Å²) in [6.07, 6.45) is 3.55. The third-order valence-corrected chi connectivity index (χ3v) is 6.34. The van der Waals surface area contributed by atoms with Crippen molar-refractivity contribution in [2.45, 2.75) is 24.2 Å². The fraction of sp³-hybridized carbons (Fsp3) is 0.238. The number of nitrogens with one attached hydrogen (secondary N) is 1. The second kappa shape index (κ2) is 8.35. The Hall–Kier alpha value is -3.07. The molecular formula is C21H20F2N4O2S. The maximum atomic E-state index is 13.8. The standard InChI is InChI=1S/C21H20F2N4O2S/c22-16-6-9-18(23)20(14-16)30(28,29)26-17-7-4-15(5-8-17)19-10-11-21(25-24-19)27-12-2-1-3-13-27/h4-11,14,26H,1-3,12-13H2. The number of hydrogen-bond acceptors (Lipinski definition) is 5. The Kier molecular flexibility index (Phi) is 5.63. The first kappa shape index (κ1) is 20.2. The minimum Gasteiger partial charge on any atom is -0.355 e. The fourth-order valence-corrected chi connectivity index (χ4v) is 4.52. The number of aromatic nitrogens is 2. The molecule has 1 aromatic heterocycles. The van der Waals surface area contributed by atoms with Crippen molar-refractivity contribution in [3.05, 3.63) is 66.2 Å². The van der Waals surface area contributed by atoms with Crippen molar-refractivity contribution < 1.29 is 17.2 Å². The van der Waals surface area contributed by atoms with Gasteiger partial charge in [0.05, 0.1) is 5.69 Å². The number of hydrogen-bond donors (Lipinski definition) is 1. The summed E-state index contributed by atoms with van der Waals surface area (Å²) in [5.74, 6) is -1.01. The molecule has 0 spiro atoms. The van der Waals surface area contributed by atoms with Crippen LogP contribution in [0.1, 0.15) is 19.3 Å². The maximum Gasteiger partial charge on any atom is 0.264 e. The highest BCUT2D eigenvalue weighted by atomic mass is 32.2. The van der Waals surface area contributed by atoms with Crippen LogP contribution >= 0.6 is 0 Å². The highest BCUT2D eigenvalue weighted by Gasteiger charge is 2.20. The molecule has 0 unspecified atom stereocenters. The van der Waals surface area contributed by atoms with Crippen LogP contribution in [0.15, 0.2) is 59.5 Å². The summed E-state index contributed by atoms with van der Waals surface area (Å²) in [7, 11) is -4.26. The topological polar surface area (TPSA) is 75.2 Å². The Balaban J connectivity index is 1.49. The Morgan fingerprint density at radius 1 is 0.867 bits per heavy atom. The first-order chi connectivity index (χ1) is 14.4. The van der Waals surface area contributed by atoms with Gasteiger partial charge in [-0.05, 0) is 61.7 Å². The summed E-state index contributed by atoms with van der Waals surface area (Å²) in [6, 6.07) is 12.5. The highest BCUT2D eigenvalue weighted by Crippen LogP contribution is 2.24. The number of anilines is 2. The molecule has 1 aliphatic rings. The van der Waals surface area contributed by atoms with Crippen LogP contribution < -0.4 is 9.62 Å². The highest BCUT2D eigenvalue weighted by molar-refractivity contribution is 7.92. The van der Waals surface area contributed by atoms with Crippen LogP contribution in [-0.4, -0.2) is 31.7 Å². The quantitative estimate of drug-likeness (QED) is 0.656. The van der Waals surface area contributed by atoms with E-state index in [0.717, 1.165) is 49.4 Å². The third kappa shape index (κ3) is 4.40. The molecule has 1 N–H and O–H groups in total. The molecule has 2 aromatic carbocycles. The largest absolute Gasteiger partial charge is 0.355 e. The average molecular weight is 430 g/mol. The van der Waals surface area contributed by atoms with Gasteiger partial charge in [0, 0.05) is 24.3 Å². The van der Waals surface area contributed by atoms with Gasteiger partial charge in [0.2, 0.25) is 0 Å². The van der Waals surface area contributed by atoms with Gasteiger partial charge in [0.25, 0.3) is 10.0 Å². The molecule has 9 heteroatoms. The summed E-state index contributed by atoms with van der Waals surface area (Å²) in [5.41, 5.74) is 1.63. The van der Waals surface area contributed by atoms with E-state index in [4.69, 9.17) is 0 Å². The Morgan fingerprint density at radius 3 is 2.27 bits per heavy atom. The van der Waals surface area contributed by atoms with E-state index in [9.17, 15) is 17.2 Å². The molecule has 6 nitrogen and oxygen atoms in total. The smallest absolute Gasteiger partial charge is 0.264 e. The lowest BCUT2D eigenvalue weighted by Gasteiger charge is -2.27. The molecule has 30 heavy (non-hydrogen) atoms. The maximum absolute atomic E-state index is 13.8. The van der Waals surface area contributed by atoms with Crippen molar-refractivity contribution in [3.63, 3.8) is 0 Å². The number of rotatable bonds is 5. The van der Waals surface area contributed by atoms with E-state index in [1.54, 1.807) is 12.1 Å². The van der Waals surface area contributed by atoms with Gasteiger partial charge >= 0.3 is 0 Å². The summed E-state index contributed by atoms with van der Waals surface area (Å²) in [5, 5.41) is 8.58. The van der Waals surface area contributed by atoms with Gasteiger partial charge in [-0.1, -0.05) is 12.1 Å². The first-order valence-corrected chi connectivity index (χ1v) is 11.1. The monoisotopic (exact) mass is 430 g/mol. The van der Waals surface area contributed by atoms with E-state index in [1.165, 1.54) is 18.6 Å². The number of benzene rings is 2. The lowest BCUT2D eigenvalue weighted by atomic mass is 10.1. The lowest BCUT2D eigenvalue weighted by Crippen LogP contribution is -2.30. The molecule has 156 valence electrons. The zero-order valence-corrected chi connectivity index (χ0v) is 16.9. The predicted molar refractivity (Wildman–Crippen MR) is 111 cm³/mol. The number of sulfonamides is 1. The minimum atomic E-state index is -4.26. The second-order valence-electron chi connectivity index (χ2n) is 7.08. The summed E-state index contributed by atoms with van der Waals surface area (Å²) in [4.78, 5) is 1.47. The zero-order chi connectivity index (χ0) is 21.1. The van der Waals surface area contributed by atoms with Gasteiger partial charge in [-0.25, -0.2) is 17.2 Å². The molecule has 3 aromatic rings. The van der Waals surface area contributed by atoms with Crippen LogP contribution in [0, 0.1) is 11.6 Å². The van der Waals surface area contributed by atoms with Crippen LogP contribution in [0.3, 0.4) is 0 Å². The van der Waals surface area contributed by atoms with Crippen molar-refractivity contribution in [1.82, 2.24) is 10.2 Å². The Morgan fingerprint density at radius 2 is 1.60 bits per heavy atom. The number of nitrogens with zero attached hydrogens (tertiary/aromatic N) is 3. The van der Waals surface area contributed by atoms with Crippen LogP contribution in [0.25, 0.3) is 11.3 Å². The molecular weight excluding hydrogens is 410 g/mol. The second-order valence-corrected chi connectivity index (χ2v) is 8.73. The molecule has 1 fully saturated rings. The summed E-state index contributed by atoms with van der Waals surface area (Å²) in [6.45, 7) is 1.96. The van der Waals surface area contributed by atoms with Crippen LogP contribution in [0.4, 0.5) is 20.3 Å².